The van der Waals surface area contributed by atoms with Gasteiger partial charge in [0.1, 0.15) is 5.71 Å². The lowest BCUT2D eigenvalue weighted by Gasteiger charge is -2.40. The Labute approximate surface area is 177 Å². The zero-order valence-electron chi connectivity index (χ0n) is 17.8. The third kappa shape index (κ3) is 3.18. The maximum Gasteiger partial charge on any atom is 0.278 e. The highest BCUT2D eigenvalue weighted by Crippen LogP contribution is 2.46. The fraction of sp³-hybridized carbons (Fsp3) is 0.360. The number of nitrogens with zero attached hydrogens (tertiary/aromatic N) is 3. The van der Waals surface area contributed by atoms with Gasteiger partial charge in [-0.25, -0.2) is 4.99 Å². The fourth-order valence-corrected chi connectivity index (χ4v) is 4.66. The van der Waals surface area contributed by atoms with E-state index in [1.54, 1.807) is 0 Å². The largest absolute Gasteiger partial charge is 0.379 e. The van der Waals surface area contributed by atoms with Crippen molar-refractivity contribution in [3.63, 3.8) is 0 Å². The van der Waals surface area contributed by atoms with E-state index in [0.29, 0.717) is 5.71 Å². The van der Waals surface area contributed by atoms with Gasteiger partial charge in [-0.05, 0) is 38.5 Å². The Hall–Kier alpha value is -2.76. The second-order valence-electron chi connectivity index (χ2n) is 8.85. The van der Waals surface area contributed by atoms with E-state index in [0.717, 1.165) is 55.3 Å². The molecular formula is C25H27N3O2. The maximum absolute atomic E-state index is 13.5. The molecule has 1 amide bonds. The highest BCUT2D eigenvalue weighted by molar-refractivity contribution is 6.55. The van der Waals surface area contributed by atoms with E-state index in [9.17, 15) is 4.79 Å². The summed E-state index contributed by atoms with van der Waals surface area (Å²) in [5, 5.41) is 0. The first kappa shape index (κ1) is 19.2. The van der Waals surface area contributed by atoms with Crippen molar-refractivity contribution in [1.29, 1.82) is 0 Å². The summed E-state index contributed by atoms with van der Waals surface area (Å²) >= 11 is 0. The number of rotatable bonds is 3. The van der Waals surface area contributed by atoms with E-state index in [4.69, 9.17) is 9.73 Å². The number of amides is 1. The van der Waals surface area contributed by atoms with Gasteiger partial charge in [0.05, 0.1) is 30.1 Å². The molecule has 0 N–H and O–H groups in total. The number of ether oxygens (including phenoxy) is 1. The minimum Gasteiger partial charge on any atom is -0.379 e. The van der Waals surface area contributed by atoms with Gasteiger partial charge in [-0.2, -0.15) is 0 Å². The molecule has 2 aromatic rings. The van der Waals surface area contributed by atoms with Crippen LogP contribution in [0.2, 0.25) is 0 Å². The van der Waals surface area contributed by atoms with Crippen LogP contribution in [-0.4, -0.2) is 54.9 Å². The first-order chi connectivity index (χ1) is 14.4. The van der Waals surface area contributed by atoms with Gasteiger partial charge in [0, 0.05) is 30.8 Å². The molecule has 1 saturated heterocycles. The van der Waals surface area contributed by atoms with Gasteiger partial charge in [0.2, 0.25) is 0 Å². The van der Waals surface area contributed by atoms with E-state index < -0.39 is 5.54 Å². The Bertz CT molecular complexity index is 1060. The topological polar surface area (TPSA) is 45.1 Å². The number of hydrogen-bond donors (Lipinski definition) is 0. The molecule has 2 aromatic carbocycles. The van der Waals surface area contributed by atoms with Crippen molar-refractivity contribution in [2.75, 3.05) is 37.7 Å². The van der Waals surface area contributed by atoms with Gasteiger partial charge in [0.15, 0.2) is 0 Å². The molecule has 154 valence electrons. The standard InChI is InChI=1S/C25H27N3O2/c1-17-7-9-19(10-8-17)26-22-21-6-4-5-20-18(16-27-11-13-30-14-12-27)15-25(2,3)28(23(20)21)24(22)29/h4-10,15H,11-14,16H2,1-3H3. The monoisotopic (exact) mass is 401 g/mol. The van der Waals surface area contributed by atoms with Crippen LogP contribution in [0, 0.1) is 6.92 Å². The normalized spacial score (nSPS) is 21.7. The van der Waals surface area contributed by atoms with Gasteiger partial charge in [-0.1, -0.05) is 42.0 Å². The smallest absolute Gasteiger partial charge is 0.278 e. The molecule has 30 heavy (non-hydrogen) atoms. The lowest BCUT2D eigenvalue weighted by Crippen LogP contribution is -2.48. The van der Waals surface area contributed by atoms with E-state index in [-0.39, 0.29) is 5.91 Å². The molecule has 5 heteroatoms. The van der Waals surface area contributed by atoms with Gasteiger partial charge in [-0.15, -0.1) is 0 Å². The van der Waals surface area contributed by atoms with Crippen molar-refractivity contribution in [1.82, 2.24) is 4.90 Å². The molecule has 0 saturated carbocycles. The third-order valence-electron chi connectivity index (χ3n) is 6.14. The summed E-state index contributed by atoms with van der Waals surface area (Å²) < 4.78 is 5.51. The summed E-state index contributed by atoms with van der Waals surface area (Å²) in [7, 11) is 0. The first-order valence-electron chi connectivity index (χ1n) is 10.6. The predicted octanol–water partition coefficient (Wildman–Crippen LogP) is 3.97. The van der Waals surface area contributed by atoms with Gasteiger partial charge < -0.3 is 4.74 Å². The number of para-hydroxylation sites is 1. The number of anilines is 1. The van der Waals surface area contributed by atoms with Crippen LogP contribution in [-0.2, 0) is 9.53 Å². The van der Waals surface area contributed by atoms with Gasteiger partial charge in [0.25, 0.3) is 5.91 Å². The van der Waals surface area contributed by atoms with Crippen molar-refractivity contribution in [3.05, 3.63) is 65.2 Å². The number of carbonyl (C=O) groups excluding carboxylic acids is 1. The van der Waals surface area contributed by atoms with Crippen LogP contribution in [0.5, 0.6) is 0 Å². The summed E-state index contributed by atoms with van der Waals surface area (Å²) in [5.41, 5.74) is 6.46. The minimum atomic E-state index is -0.410. The van der Waals surface area contributed by atoms with Gasteiger partial charge >= 0.3 is 0 Å². The van der Waals surface area contributed by atoms with Crippen molar-refractivity contribution in [2.45, 2.75) is 26.3 Å². The number of benzene rings is 2. The van der Waals surface area contributed by atoms with E-state index >= 15 is 0 Å². The molecule has 0 spiro atoms. The average molecular weight is 402 g/mol. The molecule has 0 radical (unpaired) electrons. The Balaban J connectivity index is 1.59. The van der Waals surface area contributed by atoms with Crippen LogP contribution in [0.15, 0.2) is 53.5 Å². The summed E-state index contributed by atoms with van der Waals surface area (Å²) in [4.78, 5) is 22.6. The summed E-state index contributed by atoms with van der Waals surface area (Å²) in [6.07, 6.45) is 2.25. The minimum absolute atomic E-state index is 0.0234. The molecule has 3 aliphatic heterocycles. The van der Waals surface area contributed by atoms with Crippen LogP contribution in [0.4, 0.5) is 11.4 Å². The highest BCUT2D eigenvalue weighted by Gasteiger charge is 2.45. The van der Waals surface area contributed by atoms with Crippen LogP contribution >= 0.6 is 0 Å². The Morgan fingerprint density at radius 1 is 1.03 bits per heavy atom. The van der Waals surface area contributed by atoms with E-state index in [1.165, 1.54) is 11.1 Å². The molecular weight excluding hydrogens is 374 g/mol. The van der Waals surface area contributed by atoms with Crippen molar-refractivity contribution < 1.29 is 9.53 Å². The summed E-state index contributed by atoms with van der Waals surface area (Å²) in [6, 6.07) is 14.2. The van der Waals surface area contributed by atoms with Crippen molar-refractivity contribution >= 4 is 28.6 Å². The molecule has 0 aromatic heterocycles. The molecule has 1 fully saturated rings. The molecule has 0 aliphatic carbocycles. The number of carbonyl (C=O) groups is 1. The van der Waals surface area contributed by atoms with Crippen LogP contribution in [0.25, 0.3) is 5.57 Å². The molecule has 3 aliphatic rings. The van der Waals surface area contributed by atoms with Crippen LogP contribution in [0.1, 0.15) is 30.5 Å². The molecule has 0 atom stereocenters. The second-order valence-corrected chi connectivity index (χ2v) is 8.85. The van der Waals surface area contributed by atoms with E-state index in [2.05, 4.69) is 30.9 Å². The molecule has 0 unspecified atom stereocenters. The van der Waals surface area contributed by atoms with Crippen molar-refractivity contribution in [3.8, 4) is 0 Å². The highest BCUT2D eigenvalue weighted by atomic mass is 16.5. The van der Waals surface area contributed by atoms with Crippen LogP contribution < -0.4 is 4.90 Å². The quantitative estimate of drug-likeness (QED) is 0.782. The summed E-state index contributed by atoms with van der Waals surface area (Å²) in [5.74, 6) is -0.0234. The van der Waals surface area contributed by atoms with Crippen LogP contribution in [0.3, 0.4) is 0 Å². The number of morpholine rings is 1. The number of hydrogen-bond acceptors (Lipinski definition) is 4. The zero-order chi connectivity index (χ0) is 20.9. The summed E-state index contributed by atoms with van der Waals surface area (Å²) in [6.45, 7) is 10.6. The lowest BCUT2D eigenvalue weighted by atomic mass is 9.88. The second kappa shape index (κ2) is 7.18. The molecule has 3 heterocycles. The van der Waals surface area contributed by atoms with Crippen molar-refractivity contribution in [2.24, 2.45) is 4.99 Å². The Morgan fingerprint density at radius 2 is 1.73 bits per heavy atom. The molecule has 5 rings (SSSR count). The predicted molar refractivity (Wildman–Crippen MR) is 121 cm³/mol. The third-order valence-corrected chi connectivity index (χ3v) is 6.14. The average Bonchev–Trinajstić information content (AvgIpc) is 3.02. The fourth-order valence-electron chi connectivity index (χ4n) is 4.66. The number of aliphatic imine (C=N–C) groups is 1. The lowest BCUT2D eigenvalue weighted by molar-refractivity contribution is -0.112. The zero-order valence-corrected chi connectivity index (χ0v) is 17.8. The molecule has 5 nitrogen and oxygen atoms in total. The SMILES string of the molecule is Cc1ccc(N=C2C(=O)N3c4c(cccc42)C(CN2CCOCC2)=CC3(C)C)cc1. The molecule has 0 bridgehead atoms. The Morgan fingerprint density at radius 3 is 2.47 bits per heavy atom. The van der Waals surface area contributed by atoms with Gasteiger partial charge in [-0.3, -0.25) is 14.6 Å². The number of aryl methyl sites for hydroxylation is 1. The first-order valence-corrected chi connectivity index (χ1v) is 10.6. The maximum atomic E-state index is 13.5. The Kier molecular flexibility index (Phi) is 4.60. The van der Waals surface area contributed by atoms with E-state index in [1.807, 2.05) is 48.2 Å².